The van der Waals surface area contributed by atoms with Crippen LogP contribution in [-0.2, 0) is 7.05 Å². The molecular weight excluding hydrogens is 408 g/mol. The topological polar surface area (TPSA) is 123 Å². The number of rotatable bonds is 5. The Hall–Kier alpha value is -4.33. The minimum atomic E-state index is -0.0642. The van der Waals surface area contributed by atoms with Crippen LogP contribution in [0.2, 0.25) is 0 Å². The van der Waals surface area contributed by atoms with Gasteiger partial charge in [-0.1, -0.05) is 6.07 Å². The fraction of sp³-hybridized carbons (Fsp3) is 0.286. The Labute approximate surface area is 183 Å². The fourth-order valence-electron chi connectivity index (χ4n) is 3.92. The summed E-state index contributed by atoms with van der Waals surface area (Å²) < 4.78 is 7.18. The molecule has 11 heteroatoms. The van der Waals surface area contributed by atoms with Crippen molar-refractivity contribution in [3.8, 4) is 29.0 Å². The first-order valence-corrected chi connectivity index (χ1v) is 10.1. The van der Waals surface area contributed by atoms with Crippen LogP contribution in [0.15, 0.2) is 42.6 Å². The van der Waals surface area contributed by atoms with Gasteiger partial charge in [-0.15, -0.1) is 25.2 Å². The third-order valence-electron chi connectivity index (χ3n) is 5.50. The van der Waals surface area contributed by atoms with Gasteiger partial charge >= 0.3 is 0 Å². The number of ether oxygens (including phenoxy) is 1. The number of pyridine rings is 1. The molecule has 3 aromatic heterocycles. The Bertz CT molecular complexity index is 1300. The lowest BCUT2D eigenvalue weighted by Crippen LogP contribution is -2.26. The van der Waals surface area contributed by atoms with Crippen LogP contribution in [0.4, 0.5) is 5.95 Å². The van der Waals surface area contributed by atoms with Gasteiger partial charge in [0.25, 0.3) is 0 Å². The lowest BCUT2D eigenvalue weighted by molar-refractivity contribution is 0.398. The van der Waals surface area contributed by atoms with E-state index in [-0.39, 0.29) is 6.04 Å². The second-order valence-electron chi connectivity index (χ2n) is 7.42. The number of nitrogens with zero attached hydrogens (tertiary/aromatic N) is 10. The molecule has 0 spiro atoms. The maximum absolute atomic E-state index is 9.14. The van der Waals surface area contributed by atoms with Gasteiger partial charge in [-0.2, -0.15) is 5.26 Å². The molecular formula is C21H20N10O. The van der Waals surface area contributed by atoms with Gasteiger partial charge in [0.2, 0.25) is 11.8 Å². The molecule has 0 aliphatic carbocycles. The van der Waals surface area contributed by atoms with E-state index in [0.717, 1.165) is 36.7 Å². The molecule has 11 nitrogen and oxygen atoms in total. The predicted octanol–water partition coefficient (Wildman–Crippen LogP) is 2.07. The summed E-state index contributed by atoms with van der Waals surface area (Å²) in [4.78, 5) is 7.76. The molecule has 0 bridgehead atoms. The second-order valence-corrected chi connectivity index (χ2v) is 7.42. The average Bonchev–Trinajstić information content (AvgIpc) is 3.58. The van der Waals surface area contributed by atoms with Crippen LogP contribution in [0.3, 0.4) is 0 Å². The number of methoxy groups -OCH3 is 1. The van der Waals surface area contributed by atoms with Gasteiger partial charge in [0.05, 0.1) is 30.5 Å². The van der Waals surface area contributed by atoms with Gasteiger partial charge < -0.3 is 9.64 Å². The van der Waals surface area contributed by atoms with Gasteiger partial charge in [0.1, 0.15) is 0 Å². The van der Waals surface area contributed by atoms with E-state index in [0.29, 0.717) is 23.0 Å². The molecule has 4 heterocycles. The minimum Gasteiger partial charge on any atom is -0.481 e. The zero-order valence-electron chi connectivity index (χ0n) is 17.6. The molecule has 1 aromatic carbocycles. The number of tetrazole rings is 1. The first-order chi connectivity index (χ1) is 15.7. The van der Waals surface area contributed by atoms with Crippen LogP contribution in [-0.4, -0.2) is 53.6 Å². The van der Waals surface area contributed by atoms with Gasteiger partial charge in [0.15, 0.2) is 11.6 Å². The first-order valence-electron chi connectivity index (χ1n) is 10.1. The highest BCUT2D eigenvalue weighted by molar-refractivity contribution is 5.58. The lowest BCUT2D eigenvalue weighted by atomic mass is 10.2. The summed E-state index contributed by atoms with van der Waals surface area (Å²) in [6, 6.07) is 12.9. The van der Waals surface area contributed by atoms with Crippen LogP contribution in [0.1, 0.15) is 30.3 Å². The SMILES string of the molecule is COc1cc(-c2nnc(N3CCC[C@@H]3c3nnn(-c4cccc(C#N)c4)n3)n2C)ccn1. The van der Waals surface area contributed by atoms with Crippen LogP contribution in [0, 0.1) is 11.3 Å². The van der Waals surface area contributed by atoms with E-state index in [1.165, 1.54) is 4.80 Å². The van der Waals surface area contributed by atoms with Gasteiger partial charge in [-0.05, 0) is 42.3 Å². The van der Waals surface area contributed by atoms with E-state index in [4.69, 9.17) is 10.00 Å². The van der Waals surface area contributed by atoms with Crippen molar-refractivity contribution in [3.05, 3.63) is 54.0 Å². The zero-order valence-corrected chi connectivity index (χ0v) is 17.6. The molecule has 0 radical (unpaired) electrons. The predicted molar refractivity (Wildman–Crippen MR) is 114 cm³/mol. The van der Waals surface area contributed by atoms with Crippen LogP contribution in [0.25, 0.3) is 17.1 Å². The molecule has 0 N–H and O–H groups in total. The molecule has 32 heavy (non-hydrogen) atoms. The van der Waals surface area contributed by atoms with Gasteiger partial charge in [-0.3, -0.25) is 4.57 Å². The quantitative estimate of drug-likeness (QED) is 0.470. The molecule has 4 aromatic rings. The summed E-state index contributed by atoms with van der Waals surface area (Å²) in [6.45, 7) is 0.814. The maximum Gasteiger partial charge on any atom is 0.227 e. The zero-order chi connectivity index (χ0) is 22.1. The largest absolute Gasteiger partial charge is 0.481 e. The van der Waals surface area contributed by atoms with Crippen molar-refractivity contribution in [3.63, 3.8) is 0 Å². The van der Waals surface area contributed by atoms with Gasteiger partial charge in [-0.25, -0.2) is 4.98 Å². The molecule has 1 saturated heterocycles. The van der Waals surface area contributed by atoms with Crippen LogP contribution in [0.5, 0.6) is 5.88 Å². The van der Waals surface area contributed by atoms with E-state index in [1.807, 2.05) is 29.8 Å². The van der Waals surface area contributed by atoms with Crippen molar-refractivity contribution < 1.29 is 4.74 Å². The monoisotopic (exact) mass is 428 g/mol. The number of hydrogen-bond donors (Lipinski definition) is 0. The van der Waals surface area contributed by atoms with Crippen molar-refractivity contribution in [1.29, 1.82) is 5.26 Å². The van der Waals surface area contributed by atoms with E-state index < -0.39 is 0 Å². The molecule has 1 atom stereocenters. The highest BCUT2D eigenvalue weighted by atomic mass is 16.5. The summed E-state index contributed by atoms with van der Waals surface area (Å²) in [7, 11) is 3.52. The third kappa shape index (κ3) is 3.41. The molecule has 160 valence electrons. The third-order valence-corrected chi connectivity index (χ3v) is 5.50. The Morgan fingerprint density at radius 2 is 2.06 bits per heavy atom. The van der Waals surface area contributed by atoms with Crippen molar-refractivity contribution >= 4 is 5.95 Å². The maximum atomic E-state index is 9.14. The number of aromatic nitrogens is 8. The number of hydrogen-bond acceptors (Lipinski definition) is 9. The first kappa shape index (κ1) is 19.6. The van der Waals surface area contributed by atoms with E-state index in [9.17, 15) is 0 Å². The number of benzene rings is 1. The minimum absolute atomic E-state index is 0.0642. The van der Waals surface area contributed by atoms with Crippen molar-refractivity contribution in [1.82, 2.24) is 40.0 Å². The normalized spacial score (nSPS) is 15.7. The Morgan fingerprint density at radius 3 is 2.91 bits per heavy atom. The molecule has 1 fully saturated rings. The summed E-state index contributed by atoms with van der Waals surface area (Å²) in [6.07, 6.45) is 3.55. The summed E-state index contributed by atoms with van der Waals surface area (Å²) in [5.74, 6) is 2.59. The molecule has 1 aliphatic heterocycles. The number of anilines is 1. The highest BCUT2D eigenvalue weighted by Crippen LogP contribution is 2.34. The second kappa shape index (κ2) is 8.07. The molecule has 0 saturated carbocycles. The summed E-state index contributed by atoms with van der Waals surface area (Å²) in [5.41, 5.74) is 2.11. The smallest absolute Gasteiger partial charge is 0.227 e. The summed E-state index contributed by atoms with van der Waals surface area (Å²) in [5, 5.41) is 31.1. The molecule has 0 amide bonds. The lowest BCUT2D eigenvalue weighted by Gasteiger charge is -2.22. The molecule has 5 rings (SSSR count). The molecule has 0 unspecified atom stereocenters. The van der Waals surface area contributed by atoms with Crippen molar-refractivity contribution in [2.45, 2.75) is 18.9 Å². The van der Waals surface area contributed by atoms with Crippen LogP contribution < -0.4 is 9.64 Å². The van der Waals surface area contributed by atoms with E-state index in [2.05, 4.69) is 41.6 Å². The van der Waals surface area contributed by atoms with Gasteiger partial charge in [0, 0.05) is 31.4 Å². The average molecular weight is 428 g/mol. The fourth-order valence-corrected chi connectivity index (χ4v) is 3.92. The number of nitriles is 1. The Balaban J connectivity index is 1.44. The van der Waals surface area contributed by atoms with Crippen LogP contribution >= 0.6 is 0 Å². The standard InChI is InChI=1S/C21H20N10O/c1-29-20(15-8-9-23-18(12-15)32-2)25-26-21(29)30-10-4-7-17(30)19-24-28-31(27-19)16-6-3-5-14(11-16)13-22/h3,5-6,8-9,11-12,17H,4,7,10H2,1-2H3/t17-/m1/s1. The van der Waals surface area contributed by atoms with E-state index >= 15 is 0 Å². The molecule has 1 aliphatic rings. The highest BCUT2D eigenvalue weighted by Gasteiger charge is 2.33. The van der Waals surface area contributed by atoms with Crippen molar-refractivity contribution in [2.75, 3.05) is 18.6 Å². The Kier molecular flexibility index (Phi) is 4.95. The summed E-state index contributed by atoms with van der Waals surface area (Å²) >= 11 is 0. The Morgan fingerprint density at radius 1 is 1.16 bits per heavy atom. The van der Waals surface area contributed by atoms with Crippen molar-refractivity contribution in [2.24, 2.45) is 7.05 Å². The van der Waals surface area contributed by atoms with E-state index in [1.54, 1.807) is 31.5 Å².